The number of carboxylic acid groups (broad SMARTS) is 1. The molecule has 0 aromatic carbocycles. The highest BCUT2D eigenvalue weighted by Gasteiger charge is 2.27. The van der Waals surface area contributed by atoms with Crippen molar-refractivity contribution in [3.8, 4) is 0 Å². The second-order valence-corrected chi connectivity index (χ2v) is 5.41. The van der Waals surface area contributed by atoms with Gasteiger partial charge in [0.05, 0.1) is 0 Å². The monoisotopic (exact) mass is 270 g/mol. The number of piperidine rings is 1. The summed E-state index contributed by atoms with van der Waals surface area (Å²) in [5.41, 5.74) is 0. The minimum atomic E-state index is -0.787. The average Bonchev–Trinajstić information content (AvgIpc) is 2.36. The van der Waals surface area contributed by atoms with E-state index in [2.05, 4.69) is 12.2 Å². The van der Waals surface area contributed by atoms with E-state index in [1.54, 1.807) is 0 Å². The Morgan fingerprint density at radius 1 is 1.42 bits per heavy atom. The number of carboxylic acids is 1. The van der Waals surface area contributed by atoms with Crippen LogP contribution in [0.4, 0.5) is 4.79 Å². The number of aliphatic carboxylic acids is 1. The molecule has 110 valence electrons. The van der Waals surface area contributed by atoms with Crippen molar-refractivity contribution in [1.82, 2.24) is 10.2 Å². The molecule has 1 saturated heterocycles. The van der Waals surface area contributed by atoms with Gasteiger partial charge in [-0.2, -0.15) is 0 Å². The average molecular weight is 270 g/mol. The van der Waals surface area contributed by atoms with E-state index in [1.807, 2.05) is 11.8 Å². The van der Waals surface area contributed by atoms with Crippen LogP contribution in [-0.4, -0.2) is 40.6 Å². The number of carbonyl (C=O) groups is 2. The Hall–Kier alpha value is -1.26. The van der Waals surface area contributed by atoms with Crippen LogP contribution in [0.2, 0.25) is 0 Å². The van der Waals surface area contributed by atoms with Gasteiger partial charge in [0, 0.05) is 25.0 Å². The third-order valence-corrected chi connectivity index (χ3v) is 3.67. The van der Waals surface area contributed by atoms with Gasteiger partial charge in [0.1, 0.15) is 0 Å². The Labute approximate surface area is 115 Å². The Bertz CT molecular complexity index is 307. The molecule has 5 heteroatoms. The molecule has 0 aliphatic carbocycles. The maximum atomic E-state index is 12.2. The van der Waals surface area contributed by atoms with E-state index >= 15 is 0 Å². The largest absolute Gasteiger partial charge is 0.481 e. The van der Waals surface area contributed by atoms with Crippen LogP contribution in [0.3, 0.4) is 0 Å². The number of nitrogens with one attached hydrogen (secondary N) is 1. The van der Waals surface area contributed by atoms with Gasteiger partial charge < -0.3 is 15.3 Å². The van der Waals surface area contributed by atoms with Crippen molar-refractivity contribution in [2.24, 2.45) is 0 Å². The Morgan fingerprint density at radius 3 is 2.79 bits per heavy atom. The molecule has 1 aliphatic heterocycles. The predicted octanol–water partition coefficient (Wildman–Crippen LogP) is 2.60. The van der Waals surface area contributed by atoms with Crippen molar-refractivity contribution in [1.29, 1.82) is 0 Å². The highest BCUT2D eigenvalue weighted by Crippen LogP contribution is 2.21. The van der Waals surface area contributed by atoms with Gasteiger partial charge in [-0.25, -0.2) is 4.79 Å². The summed E-state index contributed by atoms with van der Waals surface area (Å²) in [5, 5.41) is 11.8. The van der Waals surface area contributed by atoms with Gasteiger partial charge in [-0.3, -0.25) is 4.79 Å². The first-order valence-electron chi connectivity index (χ1n) is 7.33. The lowest BCUT2D eigenvalue weighted by Gasteiger charge is -2.36. The van der Waals surface area contributed by atoms with Crippen LogP contribution in [0, 0.1) is 0 Å². The molecular formula is C14H26N2O3. The van der Waals surface area contributed by atoms with Gasteiger partial charge in [0.25, 0.3) is 0 Å². The quantitative estimate of drug-likeness (QED) is 0.779. The van der Waals surface area contributed by atoms with Crippen LogP contribution in [-0.2, 0) is 4.79 Å². The number of rotatable bonds is 6. The van der Waals surface area contributed by atoms with Crippen molar-refractivity contribution in [2.75, 3.05) is 6.54 Å². The highest BCUT2D eigenvalue weighted by molar-refractivity contribution is 5.75. The summed E-state index contributed by atoms with van der Waals surface area (Å²) >= 11 is 0. The van der Waals surface area contributed by atoms with E-state index in [0.717, 1.165) is 38.6 Å². The molecule has 0 bridgehead atoms. The third-order valence-electron chi connectivity index (χ3n) is 3.67. The molecule has 0 aromatic rings. The van der Waals surface area contributed by atoms with Crippen molar-refractivity contribution < 1.29 is 14.7 Å². The molecule has 0 spiro atoms. The maximum Gasteiger partial charge on any atom is 0.317 e. The zero-order valence-electron chi connectivity index (χ0n) is 12.0. The van der Waals surface area contributed by atoms with E-state index < -0.39 is 5.97 Å². The first kappa shape index (κ1) is 15.8. The van der Waals surface area contributed by atoms with E-state index in [9.17, 15) is 9.59 Å². The van der Waals surface area contributed by atoms with Gasteiger partial charge >= 0.3 is 12.0 Å². The molecule has 1 rings (SSSR count). The maximum absolute atomic E-state index is 12.2. The molecule has 0 radical (unpaired) electrons. The zero-order valence-corrected chi connectivity index (χ0v) is 12.0. The highest BCUT2D eigenvalue weighted by atomic mass is 16.4. The minimum absolute atomic E-state index is 0.0314. The fourth-order valence-electron chi connectivity index (χ4n) is 2.66. The number of nitrogens with zero attached hydrogens (tertiary/aromatic N) is 1. The summed E-state index contributed by atoms with van der Waals surface area (Å²) in [7, 11) is 0. The summed E-state index contributed by atoms with van der Waals surface area (Å²) in [6.07, 6.45) is 5.73. The number of amides is 2. The Morgan fingerprint density at radius 2 is 2.16 bits per heavy atom. The SMILES string of the molecule is CCCC(C)NC(=O)N1CCCCC1CCC(=O)O. The lowest BCUT2D eigenvalue weighted by molar-refractivity contribution is -0.137. The molecule has 2 atom stereocenters. The van der Waals surface area contributed by atoms with E-state index in [0.29, 0.717) is 6.42 Å². The van der Waals surface area contributed by atoms with Gasteiger partial charge in [-0.05, 0) is 39.0 Å². The molecule has 0 saturated carbocycles. The second-order valence-electron chi connectivity index (χ2n) is 5.41. The Balaban J connectivity index is 2.50. The number of urea groups is 1. The standard InChI is InChI=1S/C14H26N2O3/c1-3-6-11(2)15-14(19)16-10-5-4-7-12(16)8-9-13(17)18/h11-12H,3-10H2,1-2H3,(H,15,19)(H,17,18). The molecule has 0 aromatic heterocycles. The van der Waals surface area contributed by atoms with Crippen molar-refractivity contribution in [2.45, 2.75) is 70.9 Å². The molecule has 2 amide bonds. The third kappa shape index (κ3) is 5.49. The van der Waals surface area contributed by atoms with Crippen molar-refractivity contribution in [3.05, 3.63) is 0 Å². The van der Waals surface area contributed by atoms with Gasteiger partial charge in [0.2, 0.25) is 0 Å². The van der Waals surface area contributed by atoms with Crippen molar-refractivity contribution in [3.63, 3.8) is 0 Å². The van der Waals surface area contributed by atoms with Crippen LogP contribution in [0.25, 0.3) is 0 Å². The minimum Gasteiger partial charge on any atom is -0.481 e. The molecule has 1 aliphatic rings. The summed E-state index contributed by atoms with van der Waals surface area (Å²) in [5.74, 6) is -0.787. The number of carbonyl (C=O) groups excluding carboxylic acids is 1. The zero-order chi connectivity index (χ0) is 14.3. The van der Waals surface area contributed by atoms with Gasteiger partial charge in [0.15, 0.2) is 0 Å². The number of hydrogen-bond acceptors (Lipinski definition) is 2. The van der Waals surface area contributed by atoms with Crippen LogP contribution in [0.15, 0.2) is 0 Å². The summed E-state index contributed by atoms with van der Waals surface area (Å²) in [6.45, 7) is 4.85. The summed E-state index contributed by atoms with van der Waals surface area (Å²) in [6, 6.07) is 0.231. The topological polar surface area (TPSA) is 69.6 Å². The van der Waals surface area contributed by atoms with Crippen molar-refractivity contribution >= 4 is 12.0 Å². The molecule has 2 unspecified atom stereocenters. The van der Waals surface area contributed by atoms with Crippen LogP contribution >= 0.6 is 0 Å². The molecule has 1 fully saturated rings. The van der Waals surface area contributed by atoms with Gasteiger partial charge in [-0.1, -0.05) is 13.3 Å². The second kappa shape index (κ2) is 8.02. The van der Waals surface area contributed by atoms with Gasteiger partial charge in [-0.15, -0.1) is 0 Å². The van der Waals surface area contributed by atoms with E-state index in [4.69, 9.17) is 5.11 Å². The predicted molar refractivity (Wildman–Crippen MR) is 74.1 cm³/mol. The van der Waals surface area contributed by atoms with Crippen LogP contribution < -0.4 is 5.32 Å². The van der Waals surface area contributed by atoms with E-state index in [1.165, 1.54) is 0 Å². The Kier molecular flexibility index (Phi) is 6.67. The molecule has 19 heavy (non-hydrogen) atoms. The fourth-order valence-corrected chi connectivity index (χ4v) is 2.66. The summed E-state index contributed by atoms with van der Waals surface area (Å²) < 4.78 is 0. The molecule has 2 N–H and O–H groups in total. The fraction of sp³-hybridized carbons (Fsp3) is 0.857. The molecular weight excluding hydrogens is 244 g/mol. The lowest BCUT2D eigenvalue weighted by Crippen LogP contribution is -2.50. The first-order chi connectivity index (χ1) is 9.04. The molecule has 5 nitrogen and oxygen atoms in total. The summed E-state index contributed by atoms with van der Waals surface area (Å²) in [4.78, 5) is 24.7. The number of likely N-dealkylation sites (tertiary alicyclic amines) is 1. The molecule has 1 heterocycles. The van der Waals surface area contributed by atoms with Crippen LogP contribution in [0.1, 0.15) is 58.8 Å². The smallest absolute Gasteiger partial charge is 0.317 e. The number of hydrogen-bond donors (Lipinski definition) is 2. The lowest BCUT2D eigenvalue weighted by atomic mass is 9.98. The van der Waals surface area contributed by atoms with Crippen LogP contribution in [0.5, 0.6) is 0 Å². The first-order valence-corrected chi connectivity index (χ1v) is 7.33. The van der Waals surface area contributed by atoms with E-state index in [-0.39, 0.29) is 24.5 Å². The normalized spacial score (nSPS) is 20.9.